The van der Waals surface area contributed by atoms with Gasteiger partial charge >= 0.3 is 0 Å². The first-order valence-corrected chi connectivity index (χ1v) is 27.4. The van der Waals surface area contributed by atoms with Gasteiger partial charge in [0.05, 0.1) is 51.8 Å². The van der Waals surface area contributed by atoms with Crippen LogP contribution in [0.15, 0.2) is 207 Å². The summed E-state index contributed by atoms with van der Waals surface area (Å²) < 4.78 is 6.81. The first-order valence-electron chi connectivity index (χ1n) is 27.4. The lowest BCUT2D eigenvalue weighted by atomic mass is 9.92. The number of rotatable bonds is 7. The van der Waals surface area contributed by atoms with Gasteiger partial charge in [0.2, 0.25) is 0 Å². The lowest BCUT2D eigenvalue weighted by Gasteiger charge is -2.13. The van der Waals surface area contributed by atoms with Gasteiger partial charge in [-0.15, -0.1) is 0 Å². The Hall–Kier alpha value is -10.3. The third kappa shape index (κ3) is 8.55. The van der Waals surface area contributed by atoms with Crippen LogP contribution in [0.5, 0.6) is 5.75 Å². The number of hydrogen-bond donors (Lipinski definition) is 2. The quantitative estimate of drug-likeness (QED) is 0.122. The Balaban J connectivity index is 0.991. The van der Waals surface area contributed by atoms with E-state index in [1.807, 2.05) is 12.4 Å². The molecule has 0 spiro atoms. The van der Waals surface area contributed by atoms with Gasteiger partial charge in [-0.25, -0.2) is 19.9 Å². The summed E-state index contributed by atoms with van der Waals surface area (Å²) in [5.74, 6) is 0.794. The Bertz CT molecular complexity index is 4550. The standard InChI is InChI=1S/C72H51N7O/c1-44-40-45(43-73-42-44)10-8-9-39-80-67-16-7-6-15-58(67)70-65-37-35-63(76-65)68-56-13-4-2-11-54(56)46-17-21-48(22-18-46)59-31-27-50-25-26-51-28-32-60(79-72(51)71(50)78-59)49-23-19-47(20-24-49)55-12-3-5-14-57(55)69(64-36-38-66(70)77-64)62-34-30-53(75-62)41-52-29-33-61(68)74-52/h2-7,11-38,40-43,74,77H,8-10,39H2,1H3. The van der Waals surface area contributed by atoms with Crippen molar-refractivity contribution in [2.75, 3.05) is 6.61 Å². The van der Waals surface area contributed by atoms with Crippen LogP contribution < -0.4 is 4.74 Å². The van der Waals surface area contributed by atoms with Crippen molar-refractivity contribution in [1.82, 2.24) is 34.9 Å². The van der Waals surface area contributed by atoms with Crippen LogP contribution in [0.25, 0.3) is 146 Å². The van der Waals surface area contributed by atoms with E-state index in [2.05, 4.69) is 240 Å². The number of fused-ring (bicyclic) bond motifs is 2. The Morgan fingerprint density at radius 3 is 1.55 bits per heavy atom. The minimum absolute atomic E-state index is 0.562. The maximum absolute atomic E-state index is 6.81. The Kier molecular flexibility index (Phi) is 11.5. The normalized spacial score (nSPS) is 12.2. The van der Waals surface area contributed by atoms with Gasteiger partial charge in [-0.05, 0) is 144 Å². The number of H-pyrrole nitrogens is 2. The minimum atomic E-state index is 0.562. The number of unbranched alkanes of at least 4 members (excludes halogenated alkanes) is 1. The van der Waals surface area contributed by atoms with Crippen molar-refractivity contribution in [2.24, 2.45) is 0 Å². The molecule has 0 atom stereocenters. The Morgan fingerprint density at radius 2 is 0.925 bits per heavy atom. The number of benzene rings is 6. The molecular formula is C72H51N7O. The molecule has 0 radical (unpaired) electrons. The molecule has 380 valence electrons. The molecule has 0 saturated carbocycles. The second-order valence-electron chi connectivity index (χ2n) is 20.9. The van der Waals surface area contributed by atoms with Crippen LogP contribution >= 0.6 is 0 Å². The van der Waals surface area contributed by atoms with Crippen molar-refractivity contribution in [1.29, 1.82) is 0 Å². The topological polar surface area (TPSA) is 105 Å². The van der Waals surface area contributed by atoms with Gasteiger partial charge in [-0.3, -0.25) is 4.98 Å². The molecule has 0 aliphatic carbocycles. The van der Waals surface area contributed by atoms with Crippen molar-refractivity contribution in [3.05, 3.63) is 240 Å². The third-order valence-corrected chi connectivity index (χ3v) is 15.7. The number of nitrogens with one attached hydrogen (secondary N) is 2. The monoisotopic (exact) mass is 1030 g/mol. The number of pyridine rings is 3. The number of aromatic nitrogens is 7. The van der Waals surface area contributed by atoms with Crippen LogP contribution in [0.1, 0.15) is 46.7 Å². The molecule has 8 heteroatoms. The molecule has 0 unspecified atom stereocenters. The van der Waals surface area contributed by atoms with Gasteiger partial charge in [0, 0.05) is 78.6 Å². The highest BCUT2D eigenvalue weighted by Gasteiger charge is 2.22. The Labute approximate surface area is 462 Å². The fraction of sp³-hybridized carbons (Fsp3) is 0.0694. The van der Waals surface area contributed by atoms with Gasteiger partial charge in [-0.1, -0.05) is 146 Å². The van der Waals surface area contributed by atoms with Crippen molar-refractivity contribution in [2.45, 2.75) is 26.2 Å². The van der Waals surface area contributed by atoms with Gasteiger partial charge in [0.15, 0.2) is 0 Å². The molecule has 12 aromatic rings. The molecule has 6 aliphatic rings. The van der Waals surface area contributed by atoms with Crippen LogP contribution in [0.3, 0.4) is 0 Å². The van der Waals surface area contributed by atoms with E-state index in [0.29, 0.717) is 6.61 Å². The van der Waals surface area contributed by atoms with E-state index in [4.69, 9.17) is 24.7 Å². The number of para-hydroxylation sites is 1. The summed E-state index contributed by atoms with van der Waals surface area (Å²) >= 11 is 0. The molecule has 6 aromatic carbocycles. The van der Waals surface area contributed by atoms with Gasteiger partial charge in [0.1, 0.15) is 5.75 Å². The number of nitrogens with zero attached hydrogens (tertiary/aromatic N) is 5. The SMILES string of the molecule is Cc1cncc(CCCCOc2ccccc2-c2c3nc(c4c5ccc(cc6nc(c(c7ccc2[nH]7)-c2ccccc2-c2ccc(cc2)-c2ccc7ccc8ccc(nc8c7n2)-c2ccc(cc2)-c2ccccc2-4)C=C6)[nH]5)C=C3)c1. The minimum Gasteiger partial charge on any atom is -0.493 e. The smallest absolute Gasteiger partial charge is 0.127 e. The first-order chi connectivity index (χ1) is 39.5. The molecule has 18 rings (SSSR count). The fourth-order valence-electron chi connectivity index (χ4n) is 11.8. The summed E-state index contributed by atoms with van der Waals surface area (Å²) in [6.07, 6.45) is 15.3. The van der Waals surface area contributed by atoms with E-state index in [-0.39, 0.29) is 0 Å². The van der Waals surface area contributed by atoms with Crippen LogP contribution in [-0.2, 0) is 6.42 Å². The maximum Gasteiger partial charge on any atom is 0.127 e. The van der Waals surface area contributed by atoms with Gasteiger partial charge < -0.3 is 14.7 Å². The molecule has 6 aromatic heterocycles. The number of hydrogen-bond acceptors (Lipinski definition) is 6. The molecule has 12 heterocycles. The lowest BCUT2D eigenvalue weighted by molar-refractivity contribution is 0.308. The second-order valence-corrected chi connectivity index (χ2v) is 20.9. The Morgan fingerprint density at radius 1 is 0.412 bits per heavy atom. The summed E-state index contributed by atoms with van der Waals surface area (Å²) in [6.45, 7) is 2.65. The number of aryl methyl sites for hydroxylation is 2. The predicted octanol–water partition coefficient (Wildman–Crippen LogP) is 17.8. The van der Waals surface area contributed by atoms with Crippen LogP contribution in [0.2, 0.25) is 0 Å². The molecule has 6 aliphatic heterocycles. The molecule has 80 heavy (non-hydrogen) atoms. The number of ether oxygens (including phenoxy) is 1. The average molecular weight is 1030 g/mol. The van der Waals surface area contributed by atoms with Crippen molar-refractivity contribution < 1.29 is 4.74 Å². The van der Waals surface area contributed by atoms with E-state index in [9.17, 15) is 0 Å². The lowest BCUT2D eigenvalue weighted by Crippen LogP contribution is -2.00. The number of aromatic amines is 2. The maximum atomic E-state index is 6.81. The van der Waals surface area contributed by atoms with E-state index in [1.165, 1.54) is 11.1 Å². The van der Waals surface area contributed by atoms with Crippen molar-refractivity contribution in [3.8, 4) is 83.9 Å². The molecule has 0 fully saturated rings. The highest BCUT2D eigenvalue weighted by molar-refractivity contribution is 6.05. The summed E-state index contributed by atoms with van der Waals surface area (Å²) in [4.78, 5) is 34.0. The molecule has 0 amide bonds. The van der Waals surface area contributed by atoms with Crippen molar-refractivity contribution in [3.63, 3.8) is 0 Å². The van der Waals surface area contributed by atoms with Crippen LogP contribution in [0.4, 0.5) is 0 Å². The zero-order valence-electron chi connectivity index (χ0n) is 43.9. The molecular weight excluding hydrogens is 979 g/mol. The highest BCUT2D eigenvalue weighted by Crippen LogP contribution is 2.43. The molecule has 18 bridgehead atoms. The van der Waals surface area contributed by atoms with Crippen LogP contribution in [0, 0.1) is 6.92 Å². The largest absolute Gasteiger partial charge is 0.493 e. The fourth-order valence-corrected chi connectivity index (χ4v) is 11.8. The molecule has 0 saturated heterocycles. The summed E-state index contributed by atoms with van der Waals surface area (Å²) in [7, 11) is 0. The van der Waals surface area contributed by atoms with E-state index >= 15 is 0 Å². The summed E-state index contributed by atoms with van der Waals surface area (Å²) in [6, 6.07) is 69.0. The van der Waals surface area contributed by atoms with Crippen molar-refractivity contribution >= 4 is 68.2 Å². The first kappa shape index (κ1) is 46.9. The summed E-state index contributed by atoms with van der Waals surface area (Å²) in [5, 5.41) is 2.09. The summed E-state index contributed by atoms with van der Waals surface area (Å²) in [5.41, 5.74) is 25.2. The third-order valence-electron chi connectivity index (χ3n) is 15.7. The molecule has 2 N–H and O–H groups in total. The second kappa shape index (κ2) is 19.6. The van der Waals surface area contributed by atoms with E-state index in [1.54, 1.807) is 0 Å². The van der Waals surface area contributed by atoms with E-state index in [0.717, 1.165) is 170 Å². The zero-order chi connectivity index (χ0) is 53.1. The van der Waals surface area contributed by atoms with Gasteiger partial charge in [-0.2, -0.15) is 0 Å². The predicted molar refractivity (Wildman–Crippen MR) is 328 cm³/mol. The highest BCUT2D eigenvalue weighted by atomic mass is 16.5. The van der Waals surface area contributed by atoms with Crippen LogP contribution in [-0.4, -0.2) is 41.5 Å². The zero-order valence-corrected chi connectivity index (χ0v) is 43.9. The van der Waals surface area contributed by atoms with Gasteiger partial charge in [0.25, 0.3) is 0 Å². The molecule has 8 nitrogen and oxygen atoms in total. The van der Waals surface area contributed by atoms with E-state index < -0.39 is 0 Å². The average Bonchev–Trinajstić information content (AvgIpc) is 4.42.